The highest BCUT2D eigenvalue weighted by atomic mass is 79.9. The lowest BCUT2D eigenvalue weighted by molar-refractivity contribution is 0.457. The first kappa shape index (κ1) is 14.0. The fourth-order valence-electron chi connectivity index (χ4n) is 1.92. The van der Waals surface area contributed by atoms with Crippen molar-refractivity contribution in [2.24, 2.45) is 0 Å². The molecule has 0 unspecified atom stereocenters. The molecule has 0 atom stereocenters. The Balaban J connectivity index is 2.40. The van der Waals surface area contributed by atoms with Crippen molar-refractivity contribution in [2.75, 3.05) is 20.6 Å². The molecule has 2 rings (SSSR count). The third-order valence-corrected chi connectivity index (χ3v) is 3.43. The fourth-order valence-corrected chi connectivity index (χ4v) is 2.19. The van der Waals surface area contributed by atoms with E-state index in [-0.39, 0.29) is 0 Å². The molecule has 0 saturated heterocycles. The van der Waals surface area contributed by atoms with Gasteiger partial charge in [0.1, 0.15) is 0 Å². The zero-order chi connectivity index (χ0) is 13.7. The number of rotatable bonds is 4. The van der Waals surface area contributed by atoms with Crippen molar-refractivity contribution in [3.05, 3.63) is 76.3 Å². The molecule has 0 radical (unpaired) electrons. The predicted octanol–water partition coefficient (Wildman–Crippen LogP) is 4.44. The second-order valence-corrected chi connectivity index (χ2v) is 5.67. The molecule has 0 aliphatic rings. The molecule has 0 aromatic heterocycles. The lowest BCUT2D eigenvalue weighted by Gasteiger charge is -2.11. The summed E-state index contributed by atoms with van der Waals surface area (Å²) in [5, 5.41) is 0. The molecule has 0 saturated carbocycles. The standard InChI is InChI=1S/C17H18BrN/c1-19(2)13-12-17(14-6-4-3-5-7-14)15-8-10-16(18)11-9-15/h3-12H,13H2,1-2H3/b17-12+. The van der Waals surface area contributed by atoms with Crippen LogP contribution < -0.4 is 0 Å². The Labute approximate surface area is 123 Å². The minimum atomic E-state index is 0.931. The van der Waals surface area contributed by atoms with Gasteiger partial charge in [-0.05, 0) is 42.9 Å². The molecular formula is C17H18BrN. The van der Waals surface area contributed by atoms with Crippen LogP contribution in [0.5, 0.6) is 0 Å². The van der Waals surface area contributed by atoms with Gasteiger partial charge in [-0.3, -0.25) is 0 Å². The average Bonchev–Trinajstić information content (AvgIpc) is 2.42. The predicted molar refractivity (Wildman–Crippen MR) is 86.2 cm³/mol. The summed E-state index contributed by atoms with van der Waals surface area (Å²) in [4.78, 5) is 2.17. The second kappa shape index (κ2) is 6.69. The van der Waals surface area contributed by atoms with Gasteiger partial charge in [-0.25, -0.2) is 0 Å². The molecule has 0 bridgehead atoms. The number of hydrogen-bond donors (Lipinski definition) is 0. The van der Waals surface area contributed by atoms with Crippen molar-refractivity contribution in [3.8, 4) is 0 Å². The molecule has 0 aliphatic heterocycles. The van der Waals surface area contributed by atoms with E-state index in [1.54, 1.807) is 0 Å². The SMILES string of the molecule is CN(C)C/C=C(\c1ccccc1)c1ccc(Br)cc1. The summed E-state index contributed by atoms with van der Waals surface area (Å²) in [5.74, 6) is 0. The Bertz CT molecular complexity index is 541. The fraction of sp³-hybridized carbons (Fsp3) is 0.176. The Hall–Kier alpha value is -1.38. The van der Waals surface area contributed by atoms with Gasteiger partial charge < -0.3 is 4.90 Å². The first-order chi connectivity index (χ1) is 9.16. The Morgan fingerprint density at radius 3 is 2.11 bits per heavy atom. The van der Waals surface area contributed by atoms with E-state index in [9.17, 15) is 0 Å². The molecule has 0 aliphatic carbocycles. The molecule has 2 aromatic carbocycles. The van der Waals surface area contributed by atoms with Gasteiger partial charge in [-0.15, -0.1) is 0 Å². The molecule has 0 amide bonds. The van der Waals surface area contributed by atoms with Gasteiger partial charge in [-0.1, -0.05) is 64.5 Å². The van der Waals surface area contributed by atoms with Crippen molar-refractivity contribution in [2.45, 2.75) is 0 Å². The molecule has 0 fully saturated rings. The molecule has 2 aromatic rings. The highest BCUT2D eigenvalue weighted by Gasteiger charge is 2.04. The van der Waals surface area contributed by atoms with Crippen molar-refractivity contribution in [3.63, 3.8) is 0 Å². The maximum Gasteiger partial charge on any atom is 0.0175 e. The van der Waals surface area contributed by atoms with E-state index in [1.807, 2.05) is 0 Å². The zero-order valence-corrected chi connectivity index (χ0v) is 12.9. The average molecular weight is 316 g/mol. The van der Waals surface area contributed by atoms with Gasteiger partial charge in [0.25, 0.3) is 0 Å². The van der Waals surface area contributed by atoms with E-state index in [4.69, 9.17) is 0 Å². The van der Waals surface area contributed by atoms with Crippen molar-refractivity contribution in [1.82, 2.24) is 4.90 Å². The van der Waals surface area contributed by atoms with Gasteiger partial charge in [0.05, 0.1) is 0 Å². The highest BCUT2D eigenvalue weighted by Crippen LogP contribution is 2.24. The first-order valence-electron chi connectivity index (χ1n) is 6.33. The van der Waals surface area contributed by atoms with Crippen molar-refractivity contribution < 1.29 is 0 Å². The summed E-state index contributed by atoms with van der Waals surface area (Å²) < 4.78 is 1.11. The third-order valence-electron chi connectivity index (χ3n) is 2.90. The lowest BCUT2D eigenvalue weighted by Crippen LogP contribution is -2.11. The van der Waals surface area contributed by atoms with Crippen LogP contribution in [0.4, 0.5) is 0 Å². The third kappa shape index (κ3) is 4.05. The molecule has 0 spiro atoms. The number of hydrogen-bond acceptors (Lipinski definition) is 1. The van der Waals surface area contributed by atoms with Gasteiger partial charge in [0.15, 0.2) is 0 Å². The monoisotopic (exact) mass is 315 g/mol. The topological polar surface area (TPSA) is 3.24 Å². The van der Waals surface area contributed by atoms with Crippen molar-refractivity contribution >= 4 is 21.5 Å². The molecular weight excluding hydrogens is 298 g/mol. The van der Waals surface area contributed by atoms with Crippen LogP contribution >= 0.6 is 15.9 Å². The van der Waals surface area contributed by atoms with Crippen LogP contribution in [0.15, 0.2) is 65.1 Å². The summed E-state index contributed by atoms with van der Waals surface area (Å²) in [6.45, 7) is 0.931. The van der Waals surface area contributed by atoms with E-state index < -0.39 is 0 Å². The van der Waals surface area contributed by atoms with E-state index in [1.165, 1.54) is 16.7 Å². The number of likely N-dealkylation sites (N-methyl/N-ethyl adjacent to an activating group) is 1. The molecule has 19 heavy (non-hydrogen) atoms. The minimum absolute atomic E-state index is 0.931. The van der Waals surface area contributed by atoms with Crippen LogP contribution in [0.1, 0.15) is 11.1 Å². The molecule has 0 heterocycles. The summed E-state index contributed by atoms with van der Waals surface area (Å²) in [7, 11) is 4.17. The van der Waals surface area contributed by atoms with Gasteiger partial charge in [0.2, 0.25) is 0 Å². The second-order valence-electron chi connectivity index (χ2n) is 4.75. The van der Waals surface area contributed by atoms with Crippen LogP contribution in [0.2, 0.25) is 0 Å². The maximum absolute atomic E-state index is 3.49. The van der Waals surface area contributed by atoms with E-state index in [0.717, 1.165) is 11.0 Å². The van der Waals surface area contributed by atoms with E-state index in [0.29, 0.717) is 0 Å². The molecule has 0 N–H and O–H groups in total. The van der Waals surface area contributed by atoms with Crippen LogP contribution in [0.25, 0.3) is 5.57 Å². The van der Waals surface area contributed by atoms with Gasteiger partial charge in [0, 0.05) is 11.0 Å². The number of benzene rings is 2. The number of nitrogens with zero attached hydrogens (tertiary/aromatic N) is 1. The number of halogens is 1. The Morgan fingerprint density at radius 2 is 1.53 bits per heavy atom. The normalized spacial score (nSPS) is 11.9. The van der Waals surface area contributed by atoms with Crippen LogP contribution in [0, 0.1) is 0 Å². The smallest absolute Gasteiger partial charge is 0.0175 e. The first-order valence-corrected chi connectivity index (χ1v) is 7.12. The van der Waals surface area contributed by atoms with Gasteiger partial charge >= 0.3 is 0 Å². The van der Waals surface area contributed by atoms with Crippen LogP contribution in [-0.2, 0) is 0 Å². The summed E-state index contributed by atoms with van der Waals surface area (Å²) in [6, 6.07) is 19.0. The minimum Gasteiger partial charge on any atom is -0.306 e. The van der Waals surface area contributed by atoms with Gasteiger partial charge in [-0.2, -0.15) is 0 Å². The highest BCUT2D eigenvalue weighted by molar-refractivity contribution is 9.10. The Kier molecular flexibility index (Phi) is 4.94. The zero-order valence-electron chi connectivity index (χ0n) is 11.3. The maximum atomic E-state index is 3.49. The van der Waals surface area contributed by atoms with E-state index >= 15 is 0 Å². The summed E-state index contributed by atoms with van der Waals surface area (Å²) in [5.41, 5.74) is 3.78. The quantitative estimate of drug-likeness (QED) is 0.806. The molecule has 2 heteroatoms. The molecule has 98 valence electrons. The van der Waals surface area contributed by atoms with Crippen LogP contribution in [0.3, 0.4) is 0 Å². The van der Waals surface area contributed by atoms with Crippen LogP contribution in [-0.4, -0.2) is 25.5 Å². The summed E-state index contributed by atoms with van der Waals surface area (Å²) in [6.07, 6.45) is 2.28. The lowest BCUT2D eigenvalue weighted by atomic mass is 9.97. The molecule has 1 nitrogen and oxygen atoms in total. The van der Waals surface area contributed by atoms with E-state index in [2.05, 4.69) is 95.6 Å². The largest absolute Gasteiger partial charge is 0.306 e. The van der Waals surface area contributed by atoms with Crippen molar-refractivity contribution in [1.29, 1.82) is 0 Å². The Morgan fingerprint density at radius 1 is 0.947 bits per heavy atom. The summed E-state index contributed by atoms with van der Waals surface area (Å²) >= 11 is 3.49.